The molecule has 0 amide bonds. The summed E-state index contributed by atoms with van der Waals surface area (Å²) in [5.41, 5.74) is 0. The highest BCUT2D eigenvalue weighted by molar-refractivity contribution is 7.86. The van der Waals surface area contributed by atoms with E-state index in [1.807, 2.05) is 45.0 Å². The third-order valence-corrected chi connectivity index (χ3v) is 6.82. The molecule has 1 saturated heterocycles. The van der Waals surface area contributed by atoms with E-state index < -0.39 is 10.8 Å². The number of hydrogen-bond donors (Lipinski definition) is 1. The van der Waals surface area contributed by atoms with Gasteiger partial charge in [0.05, 0.1) is 0 Å². The zero-order valence-electron chi connectivity index (χ0n) is 17.4. The van der Waals surface area contributed by atoms with Crippen molar-refractivity contribution in [3.05, 3.63) is 29.3 Å². The number of halogens is 1. The molecule has 0 saturated carbocycles. The Kier molecular flexibility index (Phi) is 9.05. The van der Waals surface area contributed by atoms with Gasteiger partial charge in [-0.25, -0.2) is 0 Å². The van der Waals surface area contributed by atoms with E-state index in [4.69, 9.17) is 16.3 Å². The van der Waals surface area contributed by atoms with Crippen molar-refractivity contribution >= 4 is 28.4 Å². The lowest BCUT2D eigenvalue weighted by molar-refractivity contribution is 0.152. The third-order valence-electron chi connectivity index (χ3n) is 4.63. The smallest absolute Gasteiger partial charge is 0.193 e. The van der Waals surface area contributed by atoms with Gasteiger partial charge in [-0.1, -0.05) is 11.6 Å². The molecule has 1 N–H and O–H groups in total. The van der Waals surface area contributed by atoms with Crippen LogP contribution < -0.4 is 10.1 Å². The van der Waals surface area contributed by atoms with E-state index >= 15 is 0 Å². The van der Waals surface area contributed by atoms with Crippen LogP contribution in [0.4, 0.5) is 0 Å². The number of ether oxygens (including phenoxy) is 1. The first-order chi connectivity index (χ1) is 13.3. The predicted molar refractivity (Wildman–Crippen MR) is 119 cm³/mol. The normalized spacial score (nSPS) is 17.5. The molecule has 1 unspecified atom stereocenters. The standard InChI is InChI=1S/C20H33ClN4O2S/c1-20(2,3)28(26)16-9-23-19(22-4)25-12-10-24(11-13-25)14-15-27-18-7-5-17(21)6-8-18/h5-8H,9-16H2,1-4H3,(H,22,23). The van der Waals surface area contributed by atoms with Crippen LogP contribution in [-0.2, 0) is 10.8 Å². The molecule has 1 aromatic carbocycles. The van der Waals surface area contributed by atoms with Gasteiger partial charge < -0.3 is 15.0 Å². The maximum absolute atomic E-state index is 12.2. The summed E-state index contributed by atoms with van der Waals surface area (Å²) in [6.07, 6.45) is 0. The molecule has 1 atom stereocenters. The van der Waals surface area contributed by atoms with Gasteiger partial charge in [-0.05, 0) is 45.0 Å². The van der Waals surface area contributed by atoms with Gasteiger partial charge in [0.25, 0.3) is 0 Å². The predicted octanol–water partition coefficient (Wildman–Crippen LogP) is 2.46. The van der Waals surface area contributed by atoms with Gasteiger partial charge in [0, 0.05) is 72.6 Å². The molecule has 0 spiro atoms. The number of piperazine rings is 1. The van der Waals surface area contributed by atoms with Crippen molar-refractivity contribution in [3.8, 4) is 5.75 Å². The lowest BCUT2D eigenvalue weighted by atomic mass is 10.3. The van der Waals surface area contributed by atoms with Gasteiger partial charge in [-0.15, -0.1) is 0 Å². The maximum Gasteiger partial charge on any atom is 0.193 e. The number of rotatable bonds is 7. The molecule has 158 valence electrons. The van der Waals surface area contributed by atoms with E-state index in [9.17, 15) is 4.21 Å². The summed E-state index contributed by atoms with van der Waals surface area (Å²) in [4.78, 5) is 9.04. The van der Waals surface area contributed by atoms with Gasteiger partial charge in [0.15, 0.2) is 5.96 Å². The Morgan fingerprint density at radius 2 is 1.86 bits per heavy atom. The second-order valence-corrected chi connectivity index (χ2v) is 10.5. The fourth-order valence-electron chi connectivity index (χ4n) is 2.90. The molecule has 2 rings (SSSR count). The minimum atomic E-state index is -0.853. The first kappa shape index (κ1) is 23.0. The fraction of sp³-hybridized carbons (Fsp3) is 0.650. The molecule has 1 aromatic rings. The SMILES string of the molecule is CN=C(NCCS(=O)C(C)(C)C)N1CCN(CCOc2ccc(Cl)cc2)CC1. The molecule has 0 aromatic heterocycles. The van der Waals surface area contributed by atoms with Gasteiger partial charge in [-0.2, -0.15) is 0 Å². The molecule has 1 aliphatic rings. The lowest BCUT2D eigenvalue weighted by Crippen LogP contribution is -2.53. The molecular weight excluding hydrogens is 396 g/mol. The topological polar surface area (TPSA) is 57.2 Å². The summed E-state index contributed by atoms with van der Waals surface area (Å²) in [5, 5.41) is 4.07. The van der Waals surface area contributed by atoms with Crippen LogP contribution in [0.1, 0.15) is 20.8 Å². The average molecular weight is 429 g/mol. The van der Waals surface area contributed by atoms with E-state index in [-0.39, 0.29) is 4.75 Å². The number of nitrogens with zero attached hydrogens (tertiary/aromatic N) is 3. The van der Waals surface area contributed by atoms with Gasteiger partial charge in [0.2, 0.25) is 0 Å². The molecule has 1 aliphatic heterocycles. The van der Waals surface area contributed by atoms with Crippen LogP contribution in [0.2, 0.25) is 5.02 Å². The van der Waals surface area contributed by atoms with Crippen molar-refractivity contribution in [1.82, 2.24) is 15.1 Å². The van der Waals surface area contributed by atoms with E-state index in [2.05, 4.69) is 20.1 Å². The van der Waals surface area contributed by atoms with E-state index in [0.717, 1.165) is 49.5 Å². The molecule has 8 heteroatoms. The lowest BCUT2D eigenvalue weighted by Gasteiger charge is -2.36. The summed E-state index contributed by atoms with van der Waals surface area (Å²) in [6.45, 7) is 12.0. The zero-order valence-corrected chi connectivity index (χ0v) is 19.0. The van der Waals surface area contributed by atoms with Crippen molar-refractivity contribution in [2.45, 2.75) is 25.5 Å². The van der Waals surface area contributed by atoms with Crippen LogP contribution in [0.25, 0.3) is 0 Å². The third kappa shape index (κ3) is 7.60. The van der Waals surface area contributed by atoms with Crippen molar-refractivity contribution in [2.75, 3.05) is 58.7 Å². The number of benzene rings is 1. The van der Waals surface area contributed by atoms with Crippen molar-refractivity contribution in [3.63, 3.8) is 0 Å². The number of guanidine groups is 1. The highest BCUT2D eigenvalue weighted by atomic mass is 35.5. The van der Waals surface area contributed by atoms with Crippen LogP contribution >= 0.6 is 11.6 Å². The first-order valence-electron chi connectivity index (χ1n) is 9.74. The van der Waals surface area contributed by atoms with Crippen LogP contribution in [-0.4, -0.2) is 83.4 Å². The van der Waals surface area contributed by atoms with E-state index in [1.165, 1.54) is 0 Å². The van der Waals surface area contributed by atoms with E-state index in [1.54, 1.807) is 7.05 Å². The molecule has 0 bridgehead atoms. The summed E-state index contributed by atoms with van der Waals surface area (Å²) < 4.78 is 17.8. The molecule has 6 nitrogen and oxygen atoms in total. The second kappa shape index (κ2) is 11.0. The Labute approximate surface area is 176 Å². The largest absolute Gasteiger partial charge is 0.492 e. The Balaban J connectivity index is 1.67. The van der Waals surface area contributed by atoms with Crippen LogP contribution in [0, 0.1) is 0 Å². The van der Waals surface area contributed by atoms with Crippen molar-refractivity contribution < 1.29 is 8.95 Å². The van der Waals surface area contributed by atoms with Gasteiger partial charge in [0.1, 0.15) is 12.4 Å². The van der Waals surface area contributed by atoms with Crippen molar-refractivity contribution in [1.29, 1.82) is 0 Å². The molecule has 0 aliphatic carbocycles. The van der Waals surface area contributed by atoms with Crippen LogP contribution in [0.3, 0.4) is 0 Å². The van der Waals surface area contributed by atoms with Crippen LogP contribution in [0.15, 0.2) is 29.3 Å². The maximum atomic E-state index is 12.2. The molecule has 1 heterocycles. The Morgan fingerprint density at radius 1 is 1.21 bits per heavy atom. The number of nitrogens with one attached hydrogen (secondary N) is 1. The van der Waals surface area contributed by atoms with E-state index in [0.29, 0.717) is 18.9 Å². The molecular formula is C20H33ClN4O2S. The van der Waals surface area contributed by atoms with Gasteiger partial charge in [-0.3, -0.25) is 14.1 Å². The summed E-state index contributed by atoms with van der Waals surface area (Å²) in [5.74, 6) is 2.37. The zero-order chi connectivity index (χ0) is 20.6. The number of hydrogen-bond acceptors (Lipinski definition) is 4. The molecule has 28 heavy (non-hydrogen) atoms. The minimum absolute atomic E-state index is 0.176. The Bertz CT molecular complexity index is 653. The molecule has 0 radical (unpaired) electrons. The highest BCUT2D eigenvalue weighted by Gasteiger charge is 2.21. The Hall–Kier alpha value is -1.31. The first-order valence-corrected chi connectivity index (χ1v) is 11.4. The second-order valence-electron chi connectivity index (χ2n) is 7.77. The molecule has 1 fully saturated rings. The quantitative estimate of drug-likeness (QED) is 0.534. The highest BCUT2D eigenvalue weighted by Crippen LogP contribution is 2.15. The number of aliphatic imine (C=N–C) groups is 1. The summed E-state index contributed by atoms with van der Waals surface area (Å²) in [7, 11) is 0.948. The van der Waals surface area contributed by atoms with Crippen molar-refractivity contribution in [2.24, 2.45) is 4.99 Å². The minimum Gasteiger partial charge on any atom is -0.492 e. The summed E-state index contributed by atoms with van der Waals surface area (Å²) >= 11 is 5.89. The van der Waals surface area contributed by atoms with Crippen LogP contribution in [0.5, 0.6) is 5.75 Å². The Morgan fingerprint density at radius 3 is 2.43 bits per heavy atom. The fourth-order valence-corrected chi connectivity index (χ4v) is 3.93. The van der Waals surface area contributed by atoms with Gasteiger partial charge >= 0.3 is 0 Å². The monoisotopic (exact) mass is 428 g/mol. The average Bonchev–Trinajstić information content (AvgIpc) is 2.66. The summed E-state index contributed by atoms with van der Waals surface area (Å²) in [6, 6.07) is 7.46.